The molecule has 2 aromatic carbocycles. The van der Waals surface area contributed by atoms with Gasteiger partial charge in [0.15, 0.2) is 0 Å². The molecular formula is C20H22Cl2NO. The summed E-state index contributed by atoms with van der Waals surface area (Å²) in [7, 11) is 0. The Bertz CT molecular complexity index is 654. The van der Waals surface area contributed by atoms with Crippen LogP contribution in [0.1, 0.15) is 29.0 Å². The summed E-state index contributed by atoms with van der Waals surface area (Å²) in [4.78, 5) is 13.4. The molecule has 0 saturated heterocycles. The molecule has 0 heterocycles. The first-order chi connectivity index (χ1) is 11.7. The van der Waals surface area contributed by atoms with E-state index in [1.807, 2.05) is 30.3 Å². The molecule has 0 aromatic heterocycles. The van der Waals surface area contributed by atoms with E-state index in [4.69, 9.17) is 23.2 Å². The van der Waals surface area contributed by atoms with Crippen molar-refractivity contribution in [2.75, 3.05) is 29.7 Å². The van der Waals surface area contributed by atoms with Crippen LogP contribution in [0, 0.1) is 6.92 Å². The summed E-state index contributed by atoms with van der Waals surface area (Å²) in [5.74, 6) is 1.11. The fourth-order valence-electron chi connectivity index (χ4n) is 2.88. The molecule has 2 rings (SSSR count). The topological polar surface area (TPSA) is 20.3 Å². The highest BCUT2D eigenvalue weighted by atomic mass is 35.5. The molecule has 127 valence electrons. The van der Waals surface area contributed by atoms with Crippen LogP contribution in [0.25, 0.3) is 0 Å². The van der Waals surface area contributed by atoms with E-state index in [1.165, 1.54) is 0 Å². The molecule has 0 aliphatic rings. The number of alkyl halides is 2. The highest BCUT2D eigenvalue weighted by molar-refractivity contribution is 6.18. The molecule has 0 spiro atoms. The molecule has 1 unspecified atom stereocenters. The third-order valence-electron chi connectivity index (χ3n) is 4.03. The third kappa shape index (κ3) is 4.99. The molecule has 4 heteroatoms. The van der Waals surface area contributed by atoms with Crippen molar-refractivity contribution in [1.29, 1.82) is 0 Å². The molecule has 0 saturated carbocycles. The smallest absolute Gasteiger partial charge is 0.120 e. The lowest BCUT2D eigenvalue weighted by molar-refractivity contribution is -0.108. The molecule has 0 amide bonds. The summed E-state index contributed by atoms with van der Waals surface area (Å²) in [6.45, 7) is 5.47. The van der Waals surface area contributed by atoms with Gasteiger partial charge in [-0.15, -0.1) is 23.2 Å². The van der Waals surface area contributed by atoms with Crippen LogP contribution < -0.4 is 4.90 Å². The first kappa shape index (κ1) is 18.8. The van der Waals surface area contributed by atoms with E-state index in [0.717, 1.165) is 41.8 Å². The highest BCUT2D eigenvalue weighted by Gasteiger charge is 2.16. The lowest BCUT2D eigenvalue weighted by Crippen LogP contribution is -2.27. The number of hydrogen-bond donors (Lipinski definition) is 0. The standard InChI is InChI=1S/C20H22Cl2NO/c1-16-4-2-5-17(14-16)20(8-13-24)18-6-3-7-19(15-18)23(11-9-21)12-10-22/h2-7,13-15,20H,1,8-12H2. The van der Waals surface area contributed by atoms with E-state index in [1.54, 1.807) is 0 Å². The van der Waals surface area contributed by atoms with Crippen molar-refractivity contribution in [2.24, 2.45) is 0 Å². The van der Waals surface area contributed by atoms with Gasteiger partial charge in [0.05, 0.1) is 0 Å². The monoisotopic (exact) mass is 362 g/mol. The minimum Gasteiger partial charge on any atom is -0.369 e. The van der Waals surface area contributed by atoms with Crippen molar-refractivity contribution in [1.82, 2.24) is 0 Å². The van der Waals surface area contributed by atoms with E-state index in [0.29, 0.717) is 18.2 Å². The first-order valence-electron chi connectivity index (χ1n) is 8.02. The van der Waals surface area contributed by atoms with Crippen molar-refractivity contribution < 1.29 is 4.79 Å². The van der Waals surface area contributed by atoms with Crippen LogP contribution in [0.5, 0.6) is 0 Å². The maximum absolute atomic E-state index is 11.2. The average Bonchev–Trinajstić information content (AvgIpc) is 2.59. The average molecular weight is 363 g/mol. The van der Waals surface area contributed by atoms with Crippen LogP contribution in [0.4, 0.5) is 5.69 Å². The summed E-state index contributed by atoms with van der Waals surface area (Å²) in [6, 6.07) is 16.3. The lowest BCUT2D eigenvalue weighted by atomic mass is 9.88. The Morgan fingerprint density at radius 1 is 1.00 bits per heavy atom. The van der Waals surface area contributed by atoms with Crippen LogP contribution in [0.15, 0.2) is 48.5 Å². The largest absolute Gasteiger partial charge is 0.369 e. The van der Waals surface area contributed by atoms with Crippen molar-refractivity contribution in [3.63, 3.8) is 0 Å². The first-order valence-corrected chi connectivity index (χ1v) is 9.09. The molecule has 2 nitrogen and oxygen atoms in total. The summed E-state index contributed by atoms with van der Waals surface area (Å²) in [5, 5.41) is 0. The Morgan fingerprint density at radius 3 is 2.21 bits per heavy atom. The second-order valence-corrected chi connectivity index (χ2v) is 6.42. The number of carbonyl (C=O) groups is 1. The minimum atomic E-state index is 0.0259. The van der Waals surface area contributed by atoms with Gasteiger partial charge in [-0.1, -0.05) is 36.4 Å². The summed E-state index contributed by atoms with van der Waals surface area (Å²) in [6.07, 6.45) is 1.42. The molecule has 0 aliphatic heterocycles. The van der Waals surface area contributed by atoms with Gasteiger partial charge in [-0.2, -0.15) is 0 Å². The fraction of sp³-hybridized carbons (Fsp3) is 0.300. The summed E-state index contributed by atoms with van der Waals surface area (Å²) < 4.78 is 0. The zero-order chi connectivity index (χ0) is 17.4. The second-order valence-electron chi connectivity index (χ2n) is 5.66. The molecule has 0 bridgehead atoms. The number of nitrogens with zero attached hydrogens (tertiary/aromatic N) is 1. The van der Waals surface area contributed by atoms with Gasteiger partial charge in [-0.25, -0.2) is 0 Å². The van der Waals surface area contributed by atoms with Crippen LogP contribution in [-0.2, 0) is 4.79 Å². The lowest BCUT2D eigenvalue weighted by Gasteiger charge is -2.25. The van der Waals surface area contributed by atoms with Gasteiger partial charge in [0.1, 0.15) is 6.29 Å². The molecule has 0 fully saturated rings. The highest BCUT2D eigenvalue weighted by Crippen LogP contribution is 2.30. The van der Waals surface area contributed by atoms with Gasteiger partial charge in [-0.05, 0) is 35.7 Å². The van der Waals surface area contributed by atoms with Crippen molar-refractivity contribution in [3.8, 4) is 0 Å². The zero-order valence-corrected chi connectivity index (χ0v) is 15.1. The summed E-state index contributed by atoms with van der Waals surface area (Å²) in [5.41, 5.74) is 4.24. The number of benzene rings is 2. The van der Waals surface area contributed by atoms with Gasteiger partial charge in [0.2, 0.25) is 0 Å². The Kier molecular flexibility index (Phi) is 7.61. The van der Waals surface area contributed by atoms with E-state index in [2.05, 4.69) is 30.0 Å². The van der Waals surface area contributed by atoms with Crippen molar-refractivity contribution >= 4 is 35.2 Å². The molecule has 2 aromatic rings. The number of hydrogen-bond acceptors (Lipinski definition) is 2. The predicted octanol–water partition coefficient (Wildman–Crippen LogP) is 4.87. The number of aldehydes is 1. The molecule has 1 radical (unpaired) electrons. The maximum Gasteiger partial charge on any atom is 0.120 e. The van der Waals surface area contributed by atoms with Crippen LogP contribution in [0.2, 0.25) is 0 Å². The van der Waals surface area contributed by atoms with Gasteiger partial charge < -0.3 is 9.69 Å². The molecule has 1 atom stereocenters. The molecule has 24 heavy (non-hydrogen) atoms. The predicted molar refractivity (Wildman–Crippen MR) is 104 cm³/mol. The zero-order valence-electron chi connectivity index (χ0n) is 13.6. The SMILES string of the molecule is [CH2]c1cccc(C(CC=O)c2cccc(N(CCCl)CCCl)c2)c1. The molecule has 0 aliphatic carbocycles. The number of halogens is 2. The third-order valence-corrected chi connectivity index (χ3v) is 4.37. The van der Waals surface area contributed by atoms with E-state index in [9.17, 15) is 4.79 Å². The second kappa shape index (κ2) is 9.71. The molecular weight excluding hydrogens is 341 g/mol. The van der Waals surface area contributed by atoms with Crippen molar-refractivity contribution in [2.45, 2.75) is 12.3 Å². The van der Waals surface area contributed by atoms with Gasteiger partial charge >= 0.3 is 0 Å². The van der Waals surface area contributed by atoms with E-state index in [-0.39, 0.29) is 5.92 Å². The number of anilines is 1. The fourth-order valence-corrected chi connectivity index (χ4v) is 3.29. The Balaban J connectivity index is 2.37. The van der Waals surface area contributed by atoms with Gasteiger partial charge in [0.25, 0.3) is 0 Å². The van der Waals surface area contributed by atoms with Crippen LogP contribution in [0.3, 0.4) is 0 Å². The van der Waals surface area contributed by atoms with E-state index >= 15 is 0 Å². The normalized spacial score (nSPS) is 12.0. The summed E-state index contributed by atoms with van der Waals surface area (Å²) >= 11 is 11.8. The van der Waals surface area contributed by atoms with Crippen molar-refractivity contribution in [3.05, 3.63) is 72.1 Å². The van der Waals surface area contributed by atoms with Gasteiger partial charge in [0, 0.05) is 42.9 Å². The van der Waals surface area contributed by atoms with E-state index < -0.39 is 0 Å². The number of carbonyl (C=O) groups excluding carboxylic acids is 1. The Hall–Kier alpha value is -1.51. The number of rotatable bonds is 9. The Morgan fingerprint density at radius 2 is 1.62 bits per heavy atom. The van der Waals surface area contributed by atoms with Gasteiger partial charge in [-0.3, -0.25) is 0 Å². The van der Waals surface area contributed by atoms with Crippen LogP contribution in [-0.4, -0.2) is 31.1 Å². The minimum absolute atomic E-state index is 0.0259. The van der Waals surface area contributed by atoms with Crippen LogP contribution >= 0.6 is 23.2 Å². The quantitative estimate of drug-likeness (QED) is 0.468. The maximum atomic E-state index is 11.2. The molecule has 0 N–H and O–H groups in total. The Labute approximate surface area is 154 Å².